The van der Waals surface area contributed by atoms with Gasteiger partial charge in [-0.2, -0.15) is 0 Å². The first kappa shape index (κ1) is 7.92. The molecule has 0 radical (unpaired) electrons. The maximum atomic E-state index is 4.25. The second-order valence-electron chi connectivity index (χ2n) is 2.27. The Balaban J connectivity index is 2.85. The van der Waals surface area contributed by atoms with Crippen molar-refractivity contribution in [3.63, 3.8) is 0 Å². The van der Waals surface area contributed by atoms with Crippen molar-refractivity contribution in [2.75, 3.05) is 6.54 Å². The van der Waals surface area contributed by atoms with Crippen LogP contribution in [0.2, 0.25) is 0 Å². The summed E-state index contributed by atoms with van der Waals surface area (Å²) < 4.78 is 0. The summed E-state index contributed by atoms with van der Waals surface area (Å²) in [5.41, 5.74) is 1.97. The van der Waals surface area contributed by atoms with Crippen molar-refractivity contribution in [2.24, 2.45) is 4.99 Å². The van der Waals surface area contributed by atoms with Crippen molar-refractivity contribution in [3.8, 4) is 0 Å². The molecule has 1 aromatic heterocycles. The molecule has 0 aliphatic heterocycles. The predicted molar refractivity (Wildman–Crippen MR) is 47.0 cm³/mol. The number of aliphatic imine (C=N–C) groups is 1. The van der Waals surface area contributed by atoms with E-state index in [0.29, 0.717) is 0 Å². The van der Waals surface area contributed by atoms with Gasteiger partial charge >= 0.3 is 0 Å². The van der Waals surface area contributed by atoms with E-state index in [-0.39, 0.29) is 0 Å². The monoisotopic (exact) mass is 148 g/mol. The molecule has 1 aromatic rings. The molecule has 0 spiro atoms. The summed E-state index contributed by atoms with van der Waals surface area (Å²) in [6, 6.07) is 5.84. The summed E-state index contributed by atoms with van der Waals surface area (Å²) in [4.78, 5) is 8.42. The van der Waals surface area contributed by atoms with Gasteiger partial charge in [0.2, 0.25) is 0 Å². The van der Waals surface area contributed by atoms with Gasteiger partial charge < -0.3 is 0 Å². The predicted octanol–water partition coefficient (Wildman–Crippen LogP) is 1.91. The number of rotatable bonds is 2. The molecule has 0 saturated carbocycles. The minimum atomic E-state index is 0.822. The fourth-order valence-corrected chi connectivity index (χ4v) is 0.895. The van der Waals surface area contributed by atoms with E-state index in [0.717, 1.165) is 18.0 Å². The van der Waals surface area contributed by atoms with Crippen LogP contribution in [-0.2, 0) is 0 Å². The van der Waals surface area contributed by atoms with Gasteiger partial charge in [-0.1, -0.05) is 6.07 Å². The first-order valence-corrected chi connectivity index (χ1v) is 3.77. The van der Waals surface area contributed by atoms with Crippen LogP contribution in [0.25, 0.3) is 0 Å². The molecule has 0 unspecified atom stereocenters. The zero-order valence-corrected chi connectivity index (χ0v) is 6.91. The van der Waals surface area contributed by atoms with Crippen molar-refractivity contribution in [2.45, 2.75) is 13.8 Å². The zero-order valence-electron chi connectivity index (χ0n) is 6.91. The van der Waals surface area contributed by atoms with Crippen LogP contribution in [-0.4, -0.2) is 17.2 Å². The van der Waals surface area contributed by atoms with E-state index in [4.69, 9.17) is 0 Å². The fraction of sp³-hybridized carbons (Fsp3) is 0.333. The highest BCUT2D eigenvalue weighted by Crippen LogP contribution is 1.95. The first-order chi connectivity index (χ1) is 5.34. The molecular formula is C9H12N2. The topological polar surface area (TPSA) is 25.2 Å². The lowest BCUT2D eigenvalue weighted by molar-refractivity contribution is 1.12. The molecule has 0 aliphatic carbocycles. The zero-order chi connectivity index (χ0) is 8.10. The molecular weight excluding hydrogens is 136 g/mol. The second kappa shape index (κ2) is 3.86. The van der Waals surface area contributed by atoms with Gasteiger partial charge in [-0.3, -0.25) is 9.98 Å². The Morgan fingerprint density at radius 1 is 1.55 bits per heavy atom. The van der Waals surface area contributed by atoms with Gasteiger partial charge in [0.25, 0.3) is 0 Å². The summed E-state index contributed by atoms with van der Waals surface area (Å²) in [7, 11) is 0. The van der Waals surface area contributed by atoms with Crippen molar-refractivity contribution in [1.82, 2.24) is 4.98 Å². The third-order valence-corrected chi connectivity index (χ3v) is 1.43. The number of nitrogens with zero attached hydrogens (tertiary/aromatic N) is 2. The largest absolute Gasteiger partial charge is 0.288 e. The summed E-state index contributed by atoms with van der Waals surface area (Å²) in [6.07, 6.45) is 1.78. The lowest BCUT2D eigenvalue weighted by Crippen LogP contribution is -1.97. The molecule has 0 amide bonds. The smallest absolute Gasteiger partial charge is 0.0836 e. The standard InChI is InChI=1S/C9H12N2/c1-3-10-8(2)9-6-4-5-7-11-9/h4-7H,3H2,1-2H3. The van der Waals surface area contributed by atoms with Gasteiger partial charge in [-0.25, -0.2) is 0 Å². The lowest BCUT2D eigenvalue weighted by Gasteiger charge is -1.96. The minimum absolute atomic E-state index is 0.822. The van der Waals surface area contributed by atoms with E-state index in [9.17, 15) is 0 Å². The van der Waals surface area contributed by atoms with Crippen LogP contribution in [0, 0.1) is 0 Å². The average molecular weight is 148 g/mol. The second-order valence-corrected chi connectivity index (χ2v) is 2.27. The maximum absolute atomic E-state index is 4.25. The fourth-order valence-electron chi connectivity index (χ4n) is 0.895. The highest BCUT2D eigenvalue weighted by Gasteiger charge is 1.93. The van der Waals surface area contributed by atoms with Crippen LogP contribution in [0.3, 0.4) is 0 Å². The highest BCUT2D eigenvalue weighted by molar-refractivity contribution is 5.96. The number of aromatic nitrogens is 1. The lowest BCUT2D eigenvalue weighted by atomic mass is 10.2. The third kappa shape index (κ3) is 2.15. The summed E-state index contributed by atoms with van der Waals surface area (Å²) in [6.45, 7) is 4.82. The van der Waals surface area contributed by atoms with E-state index in [2.05, 4.69) is 9.98 Å². The van der Waals surface area contributed by atoms with Crippen molar-refractivity contribution >= 4 is 5.71 Å². The Hall–Kier alpha value is -1.18. The van der Waals surface area contributed by atoms with Gasteiger partial charge in [0, 0.05) is 12.7 Å². The molecule has 2 nitrogen and oxygen atoms in total. The molecule has 0 aromatic carbocycles. The summed E-state index contributed by atoms with van der Waals surface area (Å²) in [5, 5.41) is 0. The average Bonchev–Trinajstić information content (AvgIpc) is 2.07. The first-order valence-electron chi connectivity index (χ1n) is 3.77. The Morgan fingerprint density at radius 2 is 2.36 bits per heavy atom. The molecule has 0 N–H and O–H groups in total. The van der Waals surface area contributed by atoms with Crippen LogP contribution in [0.1, 0.15) is 19.5 Å². The van der Waals surface area contributed by atoms with Gasteiger partial charge in [0.05, 0.1) is 11.4 Å². The molecule has 58 valence electrons. The van der Waals surface area contributed by atoms with Gasteiger partial charge in [0.15, 0.2) is 0 Å². The summed E-state index contributed by atoms with van der Waals surface area (Å²) >= 11 is 0. The molecule has 11 heavy (non-hydrogen) atoms. The molecule has 1 heterocycles. The number of hydrogen-bond acceptors (Lipinski definition) is 2. The van der Waals surface area contributed by atoms with Gasteiger partial charge in [0.1, 0.15) is 0 Å². The van der Waals surface area contributed by atoms with Crippen LogP contribution in [0.15, 0.2) is 29.4 Å². The highest BCUT2D eigenvalue weighted by atomic mass is 14.8. The van der Waals surface area contributed by atoms with Crippen LogP contribution in [0.4, 0.5) is 0 Å². The van der Waals surface area contributed by atoms with Crippen molar-refractivity contribution in [1.29, 1.82) is 0 Å². The molecule has 0 aliphatic rings. The maximum Gasteiger partial charge on any atom is 0.0836 e. The van der Waals surface area contributed by atoms with Crippen LogP contribution in [0.5, 0.6) is 0 Å². The molecule has 0 atom stereocenters. The molecule has 0 fully saturated rings. The Morgan fingerprint density at radius 3 is 2.91 bits per heavy atom. The van der Waals surface area contributed by atoms with E-state index in [1.165, 1.54) is 0 Å². The summed E-state index contributed by atoms with van der Waals surface area (Å²) in [5.74, 6) is 0. The quantitative estimate of drug-likeness (QED) is 0.588. The van der Waals surface area contributed by atoms with Crippen molar-refractivity contribution in [3.05, 3.63) is 30.1 Å². The van der Waals surface area contributed by atoms with Crippen molar-refractivity contribution < 1.29 is 0 Å². The van der Waals surface area contributed by atoms with E-state index < -0.39 is 0 Å². The van der Waals surface area contributed by atoms with E-state index >= 15 is 0 Å². The van der Waals surface area contributed by atoms with E-state index in [1.54, 1.807) is 6.20 Å². The molecule has 1 rings (SSSR count). The van der Waals surface area contributed by atoms with Crippen LogP contribution < -0.4 is 0 Å². The van der Waals surface area contributed by atoms with Gasteiger partial charge in [-0.05, 0) is 26.0 Å². The third-order valence-electron chi connectivity index (χ3n) is 1.43. The molecule has 0 bridgehead atoms. The molecule has 0 saturated heterocycles. The van der Waals surface area contributed by atoms with Crippen LogP contribution >= 0.6 is 0 Å². The normalized spacial score (nSPS) is 11.6. The minimum Gasteiger partial charge on any atom is -0.288 e. The number of pyridine rings is 1. The Kier molecular flexibility index (Phi) is 2.78. The Bertz CT molecular complexity index is 239. The number of hydrogen-bond donors (Lipinski definition) is 0. The molecule has 2 heteroatoms. The SMILES string of the molecule is CCN=C(C)c1ccccn1. The van der Waals surface area contributed by atoms with E-state index in [1.807, 2.05) is 32.0 Å². The Labute approximate surface area is 67.0 Å². The van der Waals surface area contributed by atoms with Gasteiger partial charge in [-0.15, -0.1) is 0 Å².